The number of rotatable bonds is 2. The molecule has 1 aromatic rings. The lowest BCUT2D eigenvalue weighted by molar-refractivity contribution is -0.288. The van der Waals surface area contributed by atoms with Gasteiger partial charge in [-0.1, -0.05) is 30.3 Å². The van der Waals surface area contributed by atoms with E-state index in [4.69, 9.17) is 12.2 Å². The van der Waals surface area contributed by atoms with Crippen molar-refractivity contribution in [2.45, 2.75) is 24.9 Å². The number of benzene rings is 1. The molecule has 3 atom stereocenters. The number of hydrogen-bond acceptors (Lipinski definition) is 3. The molecule has 1 saturated heterocycles. The maximum absolute atomic E-state index is 13.2. The molecule has 114 valence electrons. The highest BCUT2D eigenvalue weighted by molar-refractivity contribution is 7.80. The Balaban J connectivity index is 2.54. The highest BCUT2D eigenvalue weighted by atomic mass is 32.1. The largest absolute Gasteiger partial charge is 0.437 e. The second kappa shape index (κ2) is 5.27. The lowest BCUT2D eigenvalue weighted by atomic mass is 9.80. The summed E-state index contributed by atoms with van der Waals surface area (Å²) in [5.74, 6) is -2.56. The van der Waals surface area contributed by atoms with Gasteiger partial charge in [0, 0.05) is 0 Å². The molecular formula is C13H13F3N2O2S. The van der Waals surface area contributed by atoms with E-state index in [0.29, 0.717) is 5.56 Å². The van der Waals surface area contributed by atoms with Gasteiger partial charge >= 0.3 is 6.18 Å². The minimum absolute atomic E-state index is 0.360. The van der Waals surface area contributed by atoms with E-state index in [0.717, 1.165) is 6.92 Å². The van der Waals surface area contributed by atoms with Crippen LogP contribution in [-0.4, -0.2) is 27.9 Å². The van der Waals surface area contributed by atoms with Crippen LogP contribution < -0.4 is 10.6 Å². The molecule has 2 rings (SSSR count). The first-order chi connectivity index (χ1) is 9.67. The number of halogens is 3. The van der Waals surface area contributed by atoms with E-state index in [1.54, 1.807) is 35.6 Å². The van der Waals surface area contributed by atoms with Crippen LogP contribution in [0.2, 0.25) is 0 Å². The smallest absolute Gasteiger partial charge is 0.363 e. The summed E-state index contributed by atoms with van der Waals surface area (Å²) in [7, 11) is 0. The van der Waals surface area contributed by atoms with E-state index >= 15 is 0 Å². The van der Waals surface area contributed by atoms with Crippen LogP contribution in [0, 0.1) is 5.92 Å². The first-order valence-electron chi connectivity index (χ1n) is 6.10. The van der Waals surface area contributed by atoms with Crippen molar-refractivity contribution >= 4 is 23.1 Å². The molecule has 0 spiro atoms. The first-order valence-corrected chi connectivity index (χ1v) is 6.51. The predicted octanol–water partition coefficient (Wildman–Crippen LogP) is 1.66. The Morgan fingerprint density at radius 3 is 2.38 bits per heavy atom. The SMILES string of the molecule is CC(=O)[C@@H]1[C@H](c2ccccc2)NC(=S)N[C@@]1(O)C(F)(F)F. The molecule has 4 nitrogen and oxygen atoms in total. The molecule has 3 N–H and O–H groups in total. The van der Waals surface area contributed by atoms with Crippen molar-refractivity contribution in [2.24, 2.45) is 5.92 Å². The fourth-order valence-corrected chi connectivity index (χ4v) is 2.75. The summed E-state index contributed by atoms with van der Waals surface area (Å²) in [6.45, 7) is 1.01. The Labute approximate surface area is 124 Å². The van der Waals surface area contributed by atoms with Crippen LogP contribution >= 0.6 is 12.2 Å². The Bertz CT molecular complexity index is 564. The minimum atomic E-state index is -5.05. The van der Waals surface area contributed by atoms with Gasteiger partial charge in [-0.05, 0) is 24.7 Å². The third-order valence-corrected chi connectivity index (χ3v) is 3.62. The lowest BCUT2D eigenvalue weighted by Crippen LogP contribution is -2.72. The molecular weight excluding hydrogens is 305 g/mol. The van der Waals surface area contributed by atoms with Gasteiger partial charge in [0.15, 0.2) is 5.11 Å². The molecule has 1 aromatic carbocycles. The standard InChI is InChI=1S/C13H13F3N2O2S/c1-7(19)9-10(8-5-3-2-4-6-8)17-11(21)18-12(9,20)13(14,15)16/h2-6,9-10,20H,1H3,(H2,17,18,21)/t9-,10+,12+/m1/s1. The van der Waals surface area contributed by atoms with E-state index < -0.39 is 29.6 Å². The van der Waals surface area contributed by atoms with Crippen LogP contribution in [0.1, 0.15) is 18.5 Å². The molecule has 0 unspecified atom stereocenters. The lowest BCUT2D eigenvalue weighted by Gasteiger charge is -2.46. The number of carbonyl (C=O) groups is 1. The van der Waals surface area contributed by atoms with E-state index in [2.05, 4.69) is 5.32 Å². The predicted molar refractivity (Wildman–Crippen MR) is 73.2 cm³/mol. The molecule has 0 bridgehead atoms. The third-order valence-electron chi connectivity index (χ3n) is 3.40. The molecule has 21 heavy (non-hydrogen) atoms. The van der Waals surface area contributed by atoms with Gasteiger partial charge in [0.05, 0.1) is 12.0 Å². The van der Waals surface area contributed by atoms with Gasteiger partial charge in [0.1, 0.15) is 5.78 Å². The van der Waals surface area contributed by atoms with Crippen LogP contribution in [0.5, 0.6) is 0 Å². The molecule has 1 aliphatic rings. The van der Waals surface area contributed by atoms with Crippen LogP contribution in [-0.2, 0) is 4.79 Å². The molecule has 0 amide bonds. The van der Waals surface area contributed by atoms with Crippen molar-refractivity contribution in [2.75, 3.05) is 0 Å². The van der Waals surface area contributed by atoms with Gasteiger partial charge < -0.3 is 15.7 Å². The molecule has 8 heteroatoms. The number of nitrogens with one attached hydrogen (secondary N) is 2. The number of alkyl halides is 3. The Kier molecular flexibility index (Phi) is 3.94. The summed E-state index contributed by atoms with van der Waals surface area (Å²) < 4.78 is 39.7. The van der Waals surface area contributed by atoms with Crippen molar-refractivity contribution in [1.29, 1.82) is 0 Å². The molecule has 0 saturated carbocycles. The van der Waals surface area contributed by atoms with E-state index in [1.807, 2.05) is 0 Å². The average Bonchev–Trinajstić information content (AvgIpc) is 2.37. The summed E-state index contributed by atoms with van der Waals surface area (Å²) in [5, 5.41) is 14.1. The van der Waals surface area contributed by atoms with Gasteiger partial charge in [-0.2, -0.15) is 13.2 Å². The summed E-state index contributed by atoms with van der Waals surface area (Å²) in [6, 6.07) is 7.03. The summed E-state index contributed by atoms with van der Waals surface area (Å²) >= 11 is 4.75. The first kappa shape index (κ1) is 15.7. The Hall–Kier alpha value is -1.67. The molecule has 1 heterocycles. The van der Waals surface area contributed by atoms with Gasteiger partial charge in [0.25, 0.3) is 0 Å². The number of carbonyl (C=O) groups excluding carboxylic acids is 1. The second-order valence-corrected chi connectivity index (χ2v) is 5.25. The van der Waals surface area contributed by atoms with E-state index in [9.17, 15) is 23.1 Å². The molecule has 0 radical (unpaired) electrons. The van der Waals surface area contributed by atoms with Gasteiger partial charge in [0.2, 0.25) is 5.72 Å². The highest BCUT2D eigenvalue weighted by Crippen LogP contribution is 2.42. The topological polar surface area (TPSA) is 61.4 Å². The fourth-order valence-electron chi connectivity index (χ4n) is 2.46. The van der Waals surface area contributed by atoms with E-state index in [1.165, 1.54) is 0 Å². The molecule has 1 fully saturated rings. The summed E-state index contributed by atoms with van der Waals surface area (Å²) in [6.07, 6.45) is -5.05. The minimum Gasteiger partial charge on any atom is -0.363 e. The zero-order chi connectivity index (χ0) is 15.8. The zero-order valence-corrected chi connectivity index (χ0v) is 11.8. The van der Waals surface area contributed by atoms with Crippen LogP contribution in [0.3, 0.4) is 0 Å². The van der Waals surface area contributed by atoms with Crippen molar-refractivity contribution in [3.8, 4) is 0 Å². The van der Waals surface area contributed by atoms with Crippen molar-refractivity contribution in [3.05, 3.63) is 35.9 Å². The maximum atomic E-state index is 13.2. The monoisotopic (exact) mass is 318 g/mol. The van der Waals surface area contributed by atoms with Crippen LogP contribution in [0.4, 0.5) is 13.2 Å². The number of thiocarbonyl (C=S) groups is 1. The number of aliphatic hydroxyl groups is 1. The Morgan fingerprint density at radius 1 is 1.33 bits per heavy atom. The highest BCUT2D eigenvalue weighted by Gasteiger charge is 2.64. The van der Waals surface area contributed by atoms with Crippen LogP contribution in [0.25, 0.3) is 0 Å². The summed E-state index contributed by atoms with van der Waals surface area (Å²) in [4.78, 5) is 11.8. The average molecular weight is 318 g/mol. The third kappa shape index (κ3) is 2.73. The fraction of sp³-hybridized carbons (Fsp3) is 0.385. The van der Waals surface area contributed by atoms with Gasteiger partial charge in [-0.25, -0.2) is 0 Å². The zero-order valence-electron chi connectivity index (χ0n) is 10.9. The van der Waals surface area contributed by atoms with Crippen molar-refractivity contribution in [1.82, 2.24) is 10.6 Å². The van der Waals surface area contributed by atoms with E-state index in [-0.39, 0.29) is 5.11 Å². The summed E-state index contributed by atoms with van der Waals surface area (Å²) in [5.41, 5.74) is -2.97. The maximum Gasteiger partial charge on any atom is 0.437 e. The van der Waals surface area contributed by atoms with Crippen LogP contribution in [0.15, 0.2) is 30.3 Å². The van der Waals surface area contributed by atoms with Gasteiger partial charge in [-0.3, -0.25) is 4.79 Å². The Morgan fingerprint density at radius 2 is 1.90 bits per heavy atom. The molecule has 0 aliphatic carbocycles. The number of ketones is 1. The number of Topliss-reactive ketones (excluding diaryl/α,β-unsaturated/α-hetero) is 1. The second-order valence-electron chi connectivity index (χ2n) is 4.84. The van der Waals surface area contributed by atoms with Crippen molar-refractivity contribution in [3.63, 3.8) is 0 Å². The normalized spacial score (nSPS) is 29.5. The molecule has 1 aliphatic heterocycles. The quantitative estimate of drug-likeness (QED) is 0.724. The van der Waals surface area contributed by atoms with Gasteiger partial charge in [-0.15, -0.1) is 0 Å². The number of hydrogen-bond donors (Lipinski definition) is 3. The van der Waals surface area contributed by atoms with Crippen molar-refractivity contribution < 1.29 is 23.1 Å². The molecule has 0 aromatic heterocycles.